The van der Waals surface area contributed by atoms with E-state index >= 15 is 0 Å². The van der Waals surface area contributed by atoms with Gasteiger partial charge >= 0.3 is 5.97 Å². The van der Waals surface area contributed by atoms with Crippen molar-refractivity contribution in [2.75, 3.05) is 0 Å². The molecule has 0 spiro atoms. The molecule has 0 aromatic rings. The number of hydrogen-bond donors (Lipinski definition) is 2. The van der Waals surface area contributed by atoms with Crippen molar-refractivity contribution in [2.24, 2.45) is 5.73 Å². The van der Waals surface area contributed by atoms with Crippen molar-refractivity contribution in [1.29, 1.82) is 0 Å². The molecule has 0 heterocycles. The van der Waals surface area contributed by atoms with Gasteiger partial charge in [-0.1, -0.05) is 13.8 Å². The fraction of sp³-hybridized carbons (Fsp3) is 0.714. The molecule has 0 aromatic carbocycles. The number of hydrogen-bond acceptors (Lipinski definition) is 3. The highest BCUT2D eigenvalue weighted by atomic mass is 16.4. The van der Waals surface area contributed by atoms with E-state index in [1.807, 2.05) is 13.8 Å². The Morgan fingerprint density at radius 3 is 2.36 bits per heavy atom. The molecule has 4 heteroatoms. The first-order valence-electron chi connectivity index (χ1n) is 3.59. The first-order chi connectivity index (χ1) is 5.16. The van der Waals surface area contributed by atoms with Crippen molar-refractivity contribution in [3.63, 3.8) is 0 Å². The maximum Gasteiger partial charge on any atom is 0.303 e. The summed E-state index contributed by atoms with van der Waals surface area (Å²) in [7, 11) is 0. The molecule has 0 aromatic heterocycles. The zero-order valence-electron chi connectivity index (χ0n) is 6.91. The van der Waals surface area contributed by atoms with Crippen LogP contribution < -0.4 is 5.73 Å². The third-order valence-electron chi connectivity index (χ3n) is 0.866. The van der Waals surface area contributed by atoms with E-state index < -0.39 is 12.0 Å². The van der Waals surface area contributed by atoms with E-state index in [9.17, 15) is 9.59 Å². The van der Waals surface area contributed by atoms with E-state index in [1.54, 1.807) is 0 Å². The molecule has 0 saturated carbocycles. The second-order valence-corrected chi connectivity index (χ2v) is 1.73. The molecule has 4 nitrogen and oxygen atoms in total. The second-order valence-electron chi connectivity index (χ2n) is 1.73. The number of aldehydes is 1. The molecule has 1 unspecified atom stereocenters. The Balaban J connectivity index is 0. The van der Waals surface area contributed by atoms with Crippen LogP contribution in [0.5, 0.6) is 0 Å². The van der Waals surface area contributed by atoms with Gasteiger partial charge < -0.3 is 15.6 Å². The van der Waals surface area contributed by atoms with Crippen LogP contribution in [0.2, 0.25) is 0 Å². The Hall–Kier alpha value is -0.900. The van der Waals surface area contributed by atoms with Gasteiger partial charge in [0.05, 0.1) is 6.04 Å². The Morgan fingerprint density at radius 1 is 1.64 bits per heavy atom. The minimum Gasteiger partial charge on any atom is -0.481 e. The summed E-state index contributed by atoms with van der Waals surface area (Å²) in [4.78, 5) is 19.6. The molecule has 0 amide bonds. The number of aliphatic carboxylic acids is 1. The van der Waals surface area contributed by atoms with E-state index in [4.69, 9.17) is 10.8 Å². The van der Waals surface area contributed by atoms with E-state index in [-0.39, 0.29) is 12.8 Å². The number of nitrogens with two attached hydrogens (primary N) is 1. The summed E-state index contributed by atoms with van der Waals surface area (Å²) in [5, 5.41) is 8.09. The van der Waals surface area contributed by atoms with Gasteiger partial charge in [-0.15, -0.1) is 0 Å². The summed E-state index contributed by atoms with van der Waals surface area (Å²) in [5.41, 5.74) is 5.09. The Bertz CT molecular complexity index is 114. The molecule has 0 aliphatic rings. The summed E-state index contributed by atoms with van der Waals surface area (Å²) in [5.74, 6) is -0.924. The van der Waals surface area contributed by atoms with E-state index in [2.05, 4.69) is 0 Å². The monoisotopic (exact) mass is 161 g/mol. The lowest BCUT2D eigenvalue weighted by Crippen LogP contribution is -2.22. The minimum absolute atomic E-state index is 0.0418. The number of carbonyl (C=O) groups excluding carboxylic acids is 1. The van der Waals surface area contributed by atoms with E-state index in [0.717, 1.165) is 0 Å². The van der Waals surface area contributed by atoms with Gasteiger partial charge in [0.15, 0.2) is 0 Å². The normalized spacial score (nSPS) is 10.8. The van der Waals surface area contributed by atoms with Crippen LogP contribution in [0.1, 0.15) is 26.7 Å². The predicted molar refractivity (Wildman–Crippen MR) is 42.3 cm³/mol. The van der Waals surface area contributed by atoms with Gasteiger partial charge in [0.1, 0.15) is 6.29 Å². The molecule has 3 N–H and O–H groups in total. The van der Waals surface area contributed by atoms with Crippen molar-refractivity contribution in [3.05, 3.63) is 0 Å². The lowest BCUT2D eigenvalue weighted by Gasteiger charge is -1.97. The molecule has 0 bridgehead atoms. The molecule has 0 saturated heterocycles. The molecule has 11 heavy (non-hydrogen) atoms. The highest BCUT2D eigenvalue weighted by Crippen LogP contribution is 1.90. The highest BCUT2D eigenvalue weighted by Gasteiger charge is 2.02. The van der Waals surface area contributed by atoms with Crippen LogP contribution >= 0.6 is 0 Å². The molecular formula is C7H15NO3. The third-order valence-corrected chi connectivity index (χ3v) is 0.866. The summed E-state index contributed by atoms with van der Waals surface area (Å²) in [6.45, 7) is 4.00. The largest absolute Gasteiger partial charge is 0.481 e. The van der Waals surface area contributed by atoms with Crippen LogP contribution in [0.15, 0.2) is 0 Å². The Kier molecular flexibility index (Phi) is 10.5. The fourth-order valence-electron chi connectivity index (χ4n) is 0.358. The third kappa shape index (κ3) is 12.3. The molecule has 0 aliphatic carbocycles. The molecular weight excluding hydrogens is 146 g/mol. The quantitative estimate of drug-likeness (QED) is 0.585. The van der Waals surface area contributed by atoms with Crippen LogP contribution in [0.3, 0.4) is 0 Å². The van der Waals surface area contributed by atoms with Gasteiger partial charge in [-0.3, -0.25) is 4.79 Å². The van der Waals surface area contributed by atoms with Crippen LogP contribution in [-0.4, -0.2) is 23.4 Å². The standard InChI is InChI=1S/C5H9NO3.C2H6/c6-4(3-7)1-2-5(8)9;1-2/h3-4H,1-2,6H2,(H,8,9);1-2H3. The summed E-state index contributed by atoms with van der Waals surface area (Å²) >= 11 is 0. The van der Waals surface area contributed by atoms with Gasteiger partial charge in [-0.25, -0.2) is 0 Å². The molecule has 66 valence electrons. The SMILES string of the molecule is CC.NC(C=O)CCC(=O)O. The Labute approximate surface area is 66.4 Å². The van der Waals surface area contributed by atoms with Gasteiger partial charge in [0.2, 0.25) is 0 Å². The average molecular weight is 161 g/mol. The predicted octanol–water partition coefficient (Wildman–Crippen LogP) is 0.404. The van der Waals surface area contributed by atoms with Crippen molar-refractivity contribution in [2.45, 2.75) is 32.7 Å². The number of rotatable bonds is 4. The maximum absolute atomic E-state index is 9.85. The van der Waals surface area contributed by atoms with Crippen LogP contribution in [-0.2, 0) is 9.59 Å². The molecule has 0 aliphatic heterocycles. The van der Waals surface area contributed by atoms with Gasteiger partial charge in [0, 0.05) is 6.42 Å². The van der Waals surface area contributed by atoms with Crippen LogP contribution in [0, 0.1) is 0 Å². The van der Waals surface area contributed by atoms with Crippen LogP contribution in [0.4, 0.5) is 0 Å². The Morgan fingerprint density at radius 2 is 2.09 bits per heavy atom. The number of carbonyl (C=O) groups is 2. The van der Waals surface area contributed by atoms with Crippen molar-refractivity contribution in [1.82, 2.24) is 0 Å². The highest BCUT2D eigenvalue weighted by molar-refractivity contribution is 5.68. The molecule has 0 rings (SSSR count). The lowest BCUT2D eigenvalue weighted by molar-refractivity contribution is -0.137. The van der Waals surface area contributed by atoms with Crippen LogP contribution in [0.25, 0.3) is 0 Å². The molecule has 0 fully saturated rings. The smallest absolute Gasteiger partial charge is 0.303 e. The fourth-order valence-corrected chi connectivity index (χ4v) is 0.358. The zero-order valence-corrected chi connectivity index (χ0v) is 6.91. The van der Waals surface area contributed by atoms with E-state index in [0.29, 0.717) is 6.29 Å². The van der Waals surface area contributed by atoms with Crippen molar-refractivity contribution >= 4 is 12.3 Å². The number of carboxylic acids is 1. The second kappa shape index (κ2) is 9.10. The van der Waals surface area contributed by atoms with Crippen molar-refractivity contribution in [3.8, 4) is 0 Å². The van der Waals surface area contributed by atoms with Gasteiger partial charge in [-0.2, -0.15) is 0 Å². The molecule has 0 radical (unpaired) electrons. The zero-order chi connectivity index (χ0) is 9.28. The molecule has 1 atom stereocenters. The summed E-state index contributed by atoms with van der Waals surface area (Å²) < 4.78 is 0. The maximum atomic E-state index is 9.85. The van der Waals surface area contributed by atoms with Gasteiger partial charge in [-0.05, 0) is 6.42 Å². The summed E-state index contributed by atoms with van der Waals surface area (Å²) in [6.07, 6.45) is 0.724. The first kappa shape index (κ1) is 12.7. The lowest BCUT2D eigenvalue weighted by atomic mass is 10.2. The minimum atomic E-state index is -0.924. The summed E-state index contributed by atoms with van der Waals surface area (Å²) in [6, 6.07) is -0.624. The van der Waals surface area contributed by atoms with Gasteiger partial charge in [0.25, 0.3) is 0 Å². The topological polar surface area (TPSA) is 80.4 Å². The average Bonchev–Trinajstić information content (AvgIpc) is 2.04. The van der Waals surface area contributed by atoms with E-state index in [1.165, 1.54) is 0 Å². The first-order valence-corrected chi connectivity index (χ1v) is 3.59. The number of carboxylic acid groups (broad SMARTS) is 1. The van der Waals surface area contributed by atoms with Crippen molar-refractivity contribution < 1.29 is 14.7 Å².